The molecule has 1 aromatic heterocycles. The zero-order valence-corrected chi connectivity index (χ0v) is 13.9. The third kappa shape index (κ3) is 3.89. The molecule has 0 radical (unpaired) electrons. The minimum atomic E-state index is -1.77. The number of hydrogen-bond acceptors (Lipinski definition) is 3. The first kappa shape index (κ1) is 15.9. The van der Waals surface area contributed by atoms with Crippen LogP contribution in [0.1, 0.15) is 37.6 Å². The van der Waals surface area contributed by atoms with Gasteiger partial charge in [-0.3, -0.25) is 4.98 Å². The topological polar surface area (TPSA) is 45.9 Å². The number of aromatic nitrogens is 1. The van der Waals surface area contributed by atoms with Crippen LogP contribution in [0.4, 0.5) is 0 Å². The Morgan fingerprint density at radius 3 is 2.53 bits per heavy atom. The first-order valence-corrected chi connectivity index (χ1v) is 9.54. The van der Waals surface area contributed by atoms with Crippen molar-refractivity contribution in [2.45, 2.75) is 58.9 Å². The van der Waals surface area contributed by atoms with E-state index >= 15 is 0 Å². The summed E-state index contributed by atoms with van der Waals surface area (Å²) in [6.45, 7) is 13.8. The first-order chi connectivity index (χ1) is 8.69. The van der Waals surface area contributed by atoms with Crippen LogP contribution in [-0.2, 0) is 17.5 Å². The lowest BCUT2D eigenvalue weighted by Crippen LogP contribution is -2.40. The molecule has 3 nitrogen and oxygen atoms in total. The van der Waals surface area contributed by atoms with Crippen LogP contribution in [-0.4, -0.2) is 13.3 Å². The van der Waals surface area contributed by atoms with E-state index in [0.29, 0.717) is 13.0 Å². The molecule has 0 amide bonds. The SMILES string of the molecule is Cc1ccnc(CC#N)c1CO[Si](C)(C)C(C)(C)C. The Bertz CT molecular complexity index is 484. The average molecular weight is 276 g/mol. The van der Waals surface area contributed by atoms with Crippen molar-refractivity contribution in [3.05, 3.63) is 29.1 Å². The van der Waals surface area contributed by atoms with E-state index < -0.39 is 8.32 Å². The molecule has 1 aromatic rings. The van der Waals surface area contributed by atoms with E-state index in [0.717, 1.165) is 16.8 Å². The summed E-state index contributed by atoms with van der Waals surface area (Å²) >= 11 is 0. The van der Waals surface area contributed by atoms with Crippen LogP contribution >= 0.6 is 0 Å². The monoisotopic (exact) mass is 276 g/mol. The maximum atomic E-state index is 8.87. The molecule has 0 fully saturated rings. The quantitative estimate of drug-likeness (QED) is 0.781. The number of pyridine rings is 1. The molecule has 0 bridgehead atoms. The van der Waals surface area contributed by atoms with E-state index in [1.807, 2.05) is 13.0 Å². The third-order valence-electron chi connectivity index (χ3n) is 4.01. The summed E-state index contributed by atoms with van der Waals surface area (Å²) in [4.78, 5) is 4.31. The average Bonchev–Trinajstić information content (AvgIpc) is 2.27. The summed E-state index contributed by atoms with van der Waals surface area (Å²) in [6.07, 6.45) is 2.11. The fourth-order valence-electron chi connectivity index (χ4n) is 1.54. The van der Waals surface area contributed by atoms with Crippen LogP contribution in [0.25, 0.3) is 0 Å². The Hall–Kier alpha value is -1.18. The highest BCUT2D eigenvalue weighted by molar-refractivity contribution is 6.74. The highest BCUT2D eigenvalue weighted by Gasteiger charge is 2.37. The molecular weight excluding hydrogens is 252 g/mol. The van der Waals surface area contributed by atoms with Gasteiger partial charge in [0.05, 0.1) is 24.8 Å². The lowest BCUT2D eigenvalue weighted by molar-refractivity contribution is 0.274. The molecule has 104 valence electrons. The largest absolute Gasteiger partial charge is 0.412 e. The minimum Gasteiger partial charge on any atom is -0.412 e. The summed E-state index contributed by atoms with van der Waals surface area (Å²) in [7, 11) is -1.77. The maximum absolute atomic E-state index is 8.87. The molecule has 0 atom stereocenters. The summed E-state index contributed by atoms with van der Waals surface area (Å²) in [5, 5.41) is 9.06. The summed E-state index contributed by atoms with van der Waals surface area (Å²) < 4.78 is 6.24. The van der Waals surface area contributed by atoms with Crippen LogP contribution < -0.4 is 0 Å². The molecule has 1 rings (SSSR count). The fourth-order valence-corrected chi connectivity index (χ4v) is 2.48. The van der Waals surface area contributed by atoms with Crippen molar-refractivity contribution in [3.8, 4) is 6.07 Å². The molecule has 0 aromatic carbocycles. The Labute approximate surface area is 117 Å². The molecule has 0 unspecified atom stereocenters. The van der Waals surface area contributed by atoms with E-state index in [1.54, 1.807) is 6.20 Å². The zero-order valence-electron chi connectivity index (χ0n) is 12.9. The second kappa shape index (κ2) is 5.85. The standard InChI is InChI=1S/C15H24N2OSi/c1-12-8-10-17-14(7-9-16)13(12)11-18-19(5,6)15(2,3)4/h8,10H,7,11H2,1-6H3. The molecule has 19 heavy (non-hydrogen) atoms. The van der Waals surface area contributed by atoms with Crippen molar-refractivity contribution in [3.63, 3.8) is 0 Å². The molecule has 0 saturated carbocycles. The Morgan fingerprint density at radius 1 is 1.37 bits per heavy atom. The van der Waals surface area contributed by atoms with Gasteiger partial charge in [0.25, 0.3) is 0 Å². The highest BCUT2D eigenvalue weighted by Crippen LogP contribution is 2.37. The van der Waals surface area contributed by atoms with Crippen LogP contribution in [0, 0.1) is 18.3 Å². The minimum absolute atomic E-state index is 0.193. The van der Waals surface area contributed by atoms with Crippen molar-refractivity contribution < 1.29 is 4.43 Å². The molecule has 1 heterocycles. The van der Waals surface area contributed by atoms with E-state index in [-0.39, 0.29) is 5.04 Å². The van der Waals surface area contributed by atoms with Gasteiger partial charge >= 0.3 is 0 Å². The molecule has 0 aliphatic rings. The van der Waals surface area contributed by atoms with E-state index in [9.17, 15) is 0 Å². The van der Waals surface area contributed by atoms with Crippen molar-refractivity contribution in [1.29, 1.82) is 5.26 Å². The normalized spacial score (nSPS) is 12.3. The summed E-state index contributed by atoms with van der Waals surface area (Å²) in [6, 6.07) is 4.15. The Kier molecular flexibility index (Phi) is 4.89. The Balaban J connectivity index is 2.92. The molecule has 0 saturated heterocycles. The number of hydrogen-bond donors (Lipinski definition) is 0. The maximum Gasteiger partial charge on any atom is 0.192 e. The van der Waals surface area contributed by atoms with E-state index in [4.69, 9.17) is 9.69 Å². The highest BCUT2D eigenvalue weighted by atomic mass is 28.4. The van der Waals surface area contributed by atoms with Gasteiger partial charge < -0.3 is 4.43 Å². The zero-order chi connectivity index (χ0) is 14.7. The summed E-state index contributed by atoms with van der Waals surface area (Å²) in [5.41, 5.74) is 3.08. The van der Waals surface area contributed by atoms with Crippen LogP contribution in [0.3, 0.4) is 0 Å². The molecule has 0 aliphatic carbocycles. The lowest BCUT2D eigenvalue weighted by atomic mass is 10.1. The van der Waals surface area contributed by atoms with Gasteiger partial charge in [0.2, 0.25) is 0 Å². The molecule has 0 spiro atoms. The second-order valence-corrected chi connectivity index (χ2v) is 11.2. The van der Waals surface area contributed by atoms with Crippen molar-refractivity contribution >= 4 is 8.32 Å². The van der Waals surface area contributed by atoms with Crippen molar-refractivity contribution in [2.75, 3.05) is 0 Å². The van der Waals surface area contributed by atoms with Crippen LogP contribution in [0.15, 0.2) is 12.3 Å². The lowest BCUT2D eigenvalue weighted by Gasteiger charge is -2.36. The van der Waals surface area contributed by atoms with Gasteiger partial charge in [-0.25, -0.2) is 0 Å². The number of aryl methyl sites for hydroxylation is 1. The molecule has 0 aliphatic heterocycles. The van der Waals surface area contributed by atoms with Crippen LogP contribution in [0.2, 0.25) is 18.1 Å². The van der Waals surface area contributed by atoms with E-state index in [1.165, 1.54) is 0 Å². The number of nitriles is 1. The van der Waals surface area contributed by atoms with Gasteiger partial charge in [-0.05, 0) is 36.7 Å². The predicted octanol–water partition coefficient (Wildman–Crippen LogP) is 3.98. The third-order valence-corrected chi connectivity index (χ3v) is 8.49. The van der Waals surface area contributed by atoms with Crippen molar-refractivity contribution in [1.82, 2.24) is 4.98 Å². The van der Waals surface area contributed by atoms with Crippen LogP contribution in [0.5, 0.6) is 0 Å². The van der Waals surface area contributed by atoms with Gasteiger partial charge in [0.1, 0.15) is 0 Å². The Morgan fingerprint density at radius 2 is 2.00 bits per heavy atom. The molecular formula is C15H24N2OSi. The number of nitrogens with zero attached hydrogens (tertiary/aromatic N) is 2. The van der Waals surface area contributed by atoms with Gasteiger partial charge in [-0.2, -0.15) is 5.26 Å². The van der Waals surface area contributed by atoms with Gasteiger partial charge in [0, 0.05) is 11.8 Å². The van der Waals surface area contributed by atoms with Gasteiger partial charge in [-0.1, -0.05) is 20.8 Å². The van der Waals surface area contributed by atoms with Gasteiger partial charge in [0.15, 0.2) is 8.32 Å². The summed E-state index contributed by atoms with van der Waals surface area (Å²) in [5.74, 6) is 0. The van der Waals surface area contributed by atoms with Crippen molar-refractivity contribution in [2.24, 2.45) is 0 Å². The second-order valence-electron chi connectivity index (χ2n) is 6.44. The smallest absolute Gasteiger partial charge is 0.192 e. The predicted molar refractivity (Wildman–Crippen MR) is 80.3 cm³/mol. The van der Waals surface area contributed by atoms with Gasteiger partial charge in [-0.15, -0.1) is 0 Å². The van der Waals surface area contributed by atoms with E-state index in [2.05, 4.69) is 44.9 Å². The fraction of sp³-hybridized carbons (Fsp3) is 0.600. The first-order valence-electron chi connectivity index (χ1n) is 6.63. The molecule has 0 N–H and O–H groups in total. The number of rotatable bonds is 4. The molecule has 4 heteroatoms.